The summed E-state index contributed by atoms with van der Waals surface area (Å²) in [7, 11) is 0. The number of benzene rings is 1. The molecule has 0 radical (unpaired) electrons. The van der Waals surface area contributed by atoms with Gasteiger partial charge in [-0.25, -0.2) is 0 Å². The van der Waals surface area contributed by atoms with Gasteiger partial charge in [-0.1, -0.05) is 26.0 Å². The van der Waals surface area contributed by atoms with E-state index in [0.717, 1.165) is 43.2 Å². The fraction of sp³-hybridized carbons (Fsp3) is 0.647. The smallest absolute Gasteiger partial charge is 0.165 e. The van der Waals surface area contributed by atoms with Crippen LogP contribution in [0.3, 0.4) is 0 Å². The molecule has 1 aliphatic heterocycles. The van der Waals surface area contributed by atoms with Crippen molar-refractivity contribution in [3.05, 3.63) is 23.8 Å². The van der Waals surface area contributed by atoms with Crippen LogP contribution in [0.15, 0.2) is 18.2 Å². The Labute approximate surface area is 127 Å². The molecule has 1 aromatic rings. The Hall–Kier alpha value is -1.26. The summed E-state index contributed by atoms with van der Waals surface area (Å²) in [4.78, 5) is 0. The third kappa shape index (κ3) is 4.90. The van der Waals surface area contributed by atoms with Crippen LogP contribution in [-0.4, -0.2) is 32.5 Å². The molecule has 2 rings (SSSR count). The molecule has 1 aliphatic rings. The summed E-state index contributed by atoms with van der Waals surface area (Å²) < 4.78 is 17.2. The van der Waals surface area contributed by atoms with Crippen molar-refractivity contribution < 1.29 is 14.2 Å². The number of para-hydroxylation sites is 1. The molecule has 21 heavy (non-hydrogen) atoms. The molecule has 1 unspecified atom stereocenters. The van der Waals surface area contributed by atoms with Crippen molar-refractivity contribution in [3.8, 4) is 11.5 Å². The Morgan fingerprint density at radius 2 is 2.19 bits per heavy atom. The first-order valence-corrected chi connectivity index (χ1v) is 7.89. The van der Waals surface area contributed by atoms with E-state index < -0.39 is 0 Å². The van der Waals surface area contributed by atoms with E-state index >= 15 is 0 Å². The van der Waals surface area contributed by atoms with Crippen LogP contribution in [0.25, 0.3) is 0 Å². The van der Waals surface area contributed by atoms with Gasteiger partial charge in [0.05, 0.1) is 19.8 Å². The van der Waals surface area contributed by atoms with E-state index in [2.05, 4.69) is 25.2 Å². The normalized spacial score (nSPS) is 18.2. The minimum Gasteiger partial charge on any atom is -0.490 e. The number of nitrogens with one attached hydrogen (secondary N) is 1. The van der Waals surface area contributed by atoms with E-state index in [4.69, 9.17) is 14.2 Å². The third-order valence-electron chi connectivity index (χ3n) is 3.55. The van der Waals surface area contributed by atoms with Gasteiger partial charge >= 0.3 is 0 Å². The molecule has 0 bridgehead atoms. The molecular formula is C17H27NO3. The summed E-state index contributed by atoms with van der Waals surface area (Å²) in [6, 6.07) is 6.53. The van der Waals surface area contributed by atoms with E-state index in [-0.39, 0.29) is 0 Å². The van der Waals surface area contributed by atoms with Crippen LogP contribution < -0.4 is 14.8 Å². The average molecular weight is 293 g/mol. The van der Waals surface area contributed by atoms with Gasteiger partial charge in [-0.15, -0.1) is 0 Å². The van der Waals surface area contributed by atoms with Crippen LogP contribution in [0, 0.1) is 5.92 Å². The lowest BCUT2D eigenvalue weighted by molar-refractivity contribution is 0.164. The molecule has 0 aromatic heterocycles. The maximum Gasteiger partial charge on any atom is 0.165 e. The van der Waals surface area contributed by atoms with Gasteiger partial charge in [-0.2, -0.15) is 0 Å². The molecule has 1 aromatic carbocycles. The Morgan fingerprint density at radius 1 is 1.33 bits per heavy atom. The molecule has 0 saturated carbocycles. The zero-order chi connectivity index (χ0) is 15.1. The van der Waals surface area contributed by atoms with Gasteiger partial charge in [0, 0.05) is 30.7 Å². The van der Waals surface area contributed by atoms with Gasteiger partial charge in [-0.05, 0) is 19.4 Å². The number of hydrogen-bond acceptors (Lipinski definition) is 4. The van der Waals surface area contributed by atoms with Gasteiger partial charge in [0.1, 0.15) is 0 Å². The van der Waals surface area contributed by atoms with Crippen LogP contribution in [0.5, 0.6) is 11.5 Å². The quantitative estimate of drug-likeness (QED) is 0.800. The van der Waals surface area contributed by atoms with Crippen molar-refractivity contribution in [2.24, 2.45) is 5.92 Å². The van der Waals surface area contributed by atoms with Gasteiger partial charge in [0.15, 0.2) is 11.5 Å². The van der Waals surface area contributed by atoms with E-state index in [1.165, 1.54) is 0 Å². The highest BCUT2D eigenvalue weighted by molar-refractivity contribution is 5.46. The zero-order valence-corrected chi connectivity index (χ0v) is 13.4. The lowest BCUT2D eigenvalue weighted by Gasteiger charge is -2.18. The van der Waals surface area contributed by atoms with Crippen molar-refractivity contribution >= 4 is 0 Å². The van der Waals surface area contributed by atoms with Crippen LogP contribution in [0.2, 0.25) is 0 Å². The predicted octanol–water partition coefficient (Wildman–Crippen LogP) is 3.00. The van der Waals surface area contributed by atoms with Crippen LogP contribution in [-0.2, 0) is 11.3 Å². The lowest BCUT2D eigenvalue weighted by Crippen LogP contribution is -2.22. The zero-order valence-electron chi connectivity index (χ0n) is 13.4. The fourth-order valence-corrected chi connectivity index (χ4v) is 2.36. The predicted molar refractivity (Wildman–Crippen MR) is 84.0 cm³/mol. The summed E-state index contributed by atoms with van der Waals surface area (Å²) >= 11 is 0. The summed E-state index contributed by atoms with van der Waals surface area (Å²) in [5.74, 6) is 2.20. The van der Waals surface area contributed by atoms with Gasteiger partial charge in [-0.3, -0.25) is 0 Å². The first kappa shape index (κ1) is 16.1. The standard InChI is InChI=1S/C17H27NO3/c1-4-20-16-7-5-6-15(10-18-13(2)3)17(16)21-12-14-8-9-19-11-14/h5-7,13-14,18H,4,8-12H2,1-3H3. The lowest BCUT2D eigenvalue weighted by atomic mass is 10.1. The van der Waals surface area contributed by atoms with Crippen molar-refractivity contribution in [2.75, 3.05) is 26.4 Å². The second-order valence-corrected chi connectivity index (χ2v) is 5.75. The maximum atomic E-state index is 6.09. The second kappa shape index (κ2) is 8.25. The van der Waals surface area contributed by atoms with Crippen molar-refractivity contribution in [1.29, 1.82) is 0 Å². The molecule has 4 heteroatoms. The van der Waals surface area contributed by atoms with Crippen molar-refractivity contribution in [2.45, 2.75) is 39.8 Å². The highest BCUT2D eigenvalue weighted by atomic mass is 16.5. The summed E-state index contributed by atoms with van der Waals surface area (Å²) in [5.41, 5.74) is 1.15. The van der Waals surface area contributed by atoms with E-state index in [0.29, 0.717) is 25.2 Å². The Morgan fingerprint density at radius 3 is 2.86 bits per heavy atom. The first-order chi connectivity index (χ1) is 10.2. The SMILES string of the molecule is CCOc1cccc(CNC(C)C)c1OCC1CCOC1. The Kier molecular flexibility index (Phi) is 6.33. The third-order valence-corrected chi connectivity index (χ3v) is 3.55. The van der Waals surface area contributed by atoms with E-state index in [9.17, 15) is 0 Å². The minimum atomic E-state index is 0.442. The summed E-state index contributed by atoms with van der Waals surface area (Å²) in [6.07, 6.45) is 1.08. The van der Waals surface area contributed by atoms with Gasteiger partial charge in [0.2, 0.25) is 0 Å². The molecule has 4 nitrogen and oxygen atoms in total. The average Bonchev–Trinajstić information content (AvgIpc) is 2.97. The highest BCUT2D eigenvalue weighted by Gasteiger charge is 2.18. The largest absolute Gasteiger partial charge is 0.490 e. The highest BCUT2D eigenvalue weighted by Crippen LogP contribution is 2.32. The maximum absolute atomic E-state index is 6.09. The molecule has 1 N–H and O–H groups in total. The Bertz CT molecular complexity index is 428. The molecule has 0 spiro atoms. The summed E-state index contributed by atoms with van der Waals surface area (Å²) in [5, 5.41) is 3.44. The molecule has 1 atom stereocenters. The van der Waals surface area contributed by atoms with Gasteiger partial charge in [0.25, 0.3) is 0 Å². The van der Waals surface area contributed by atoms with Gasteiger partial charge < -0.3 is 19.5 Å². The molecular weight excluding hydrogens is 266 g/mol. The van der Waals surface area contributed by atoms with Crippen LogP contribution in [0.1, 0.15) is 32.8 Å². The number of hydrogen-bond donors (Lipinski definition) is 1. The summed E-state index contributed by atoms with van der Waals surface area (Å²) in [6.45, 7) is 10.1. The van der Waals surface area contributed by atoms with Crippen LogP contribution in [0.4, 0.5) is 0 Å². The molecule has 0 aliphatic carbocycles. The van der Waals surface area contributed by atoms with E-state index in [1.54, 1.807) is 0 Å². The van der Waals surface area contributed by atoms with E-state index in [1.807, 2.05) is 19.1 Å². The monoisotopic (exact) mass is 293 g/mol. The minimum absolute atomic E-state index is 0.442. The molecule has 118 valence electrons. The molecule has 0 amide bonds. The van der Waals surface area contributed by atoms with Crippen LogP contribution >= 0.6 is 0 Å². The van der Waals surface area contributed by atoms with Crippen molar-refractivity contribution in [3.63, 3.8) is 0 Å². The number of rotatable bonds is 8. The molecule has 1 saturated heterocycles. The first-order valence-electron chi connectivity index (χ1n) is 7.89. The molecule has 1 heterocycles. The fourth-order valence-electron chi connectivity index (χ4n) is 2.36. The second-order valence-electron chi connectivity index (χ2n) is 5.75. The number of ether oxygens (including phenoxy) is 3. The Balaban J connectivity index is 2.08. The van der Waals surface area contributed by atoms with Crippen molar-refractivity contribution in [1.82, 2.24) is 5.32 Å². The molecule has 1 fully saturated rings. The topological polar surface area (TPSA) is 39.7 Å².